The van der Waals surface area contributed by atoms with Gasteiger partial charge in [0.1, 0.15) is 0 Å². The highest BCUT2D eigenvalue weighted by Crippen LogP contribution is 2.24. The molecule has 0 bridgehead atoms. The molecule has 5 heteroatoms. The molecule has 5 nitrogen and oxygen atoms in total. The average molecular weight is 253 g/mol. The monoisotopic (exact) mass is 253 g/mol. The maximum Gasteiger partial charge on any atom is 0.0843 e. The van der Waals surface area contributed by atoms with Crippen LogP contribution in [0.2, 0.25) is 0 Å². The molecular weight excluding hydrogens is 226 g/mol. The Morgan fingerprint density at radius 2 is 2.00 bits per heavy atom. The second-order valence-corrected chi connectivity index (χ2v) is 5.08. The third-order valence-electron chi connectivity index (χ3n) is 4.08. The van der Waals surface area contributed by atoms with Gasteiger partial charge in [0.2, 0.25) is 0 Å². The van der Waals surface area contributed by atoms with E-state index in [1.807, 2.05) is 13.2 Å². The van der Waals surface area contributed by atoms with Crippen molar-refractivity contribution in [2.45, 2.75) is 52.1 Å². The van der Waals surface area contributed by atoms with Gasteiger partial charge in [0.05, 0.1) is 5.69 Å². The first kappa shape index (κ1) is 15.1. The molecule has 2 unspecified atom stereocenters. The fourth-order valence-electron chi connectivity index (χ4n) is 2.60. The van der Waals surface area contributed by atoms with Gasteiger partial charge in [-0.1, -0.05) is 26.0 Å². The van der Waals surface area contributed by atoms with Crippen LogP contribution in [0.3, 0.4) is 0 Å². The number of rotatable bonds is 7. The standard InChI is InChI=1S/C13H27N5/c1-6-13(4,18(7-2)8-3)12(14)9-11-10-17(5)16-15-11/h10,12H,6-9,14H2,1-5H3. The van der Waals surface area contributed by atoms with Gasteiger partial charge in [0, 0.05) is 31.2 Å². The Morgan fingerprint density at radius 1 is 1.39 bits per heavy atom. The van der Waals surface area contributed by atoms with Crippen molar-refractivity contribution in [3.05, 3.63) is 11.9 Å². The van der Waals surface area contributed by atoms with E-state index in [0.717, 1.165) is 31.6 Å². The van der Waals surface area contributed by atoms with Crippen molar-refractivity contribution in [3.63, 3.8) is 0 Å². The molecule has 0 aromatic carbocycles. The highest BCUT2D eigenvalue weighted by molar-refractivity contribution is 5.03. The predicted molar refractivity (Wildman–Crippen MR) is 74.3 cm³/mol. The highest BCUT2D eigenvalue weighted by atomic mass is 15.4. The minimum absolute atomic E-state index is 0.0149. The molecule has 2 atom stereocenters. The van der Waals surface area contributed by atoms with Gasteiger partial charge in [-0.05, 0) is 26.4 Å². The molecule has 0 saturated heterocycles. The minimum Gasteiger partial charge on any atom is -0.326 e. The summed E-state index contributed by atoms with van der Waals surface area (Å²) in [5, 5.41) is 8.09. The number of hydrogen-bond donors (Lipinski definition) is 1. The minimum atomic E-state index is 0.0149. The molecule has 0 aliphatic heterocycles. The lowest BCUT2D eigenvalue weighted by Crippen LogP contribution is -2.58. The van der Waals surface area contributed by atoms with E-state index >= 15 is 0 Å². The summed E-state index contributed by atoms with van der Waals surface area (Å²) in [5.41, 5.74) is 7.42. The summed E-state index contributed by atoms with van der Waals surface area (Å²) in [5.74, 6) is 0. The zero-order valence-corrected chi connectivity index (χ0v) is 12.3. The molecule has 1 aromatic rings. The first-order chi connectivity index (χ1) is 8.47. The van der Waals surface area contributed by atoms with E-state index in [0.29, 0.717) is 0 Å². The van der Waals surface area contributed by atoms with Crippen LogP contribution >= 0.6 is 0 Å². The lowest BCUT2D eigenvalue weighted by Gasteiger charge is -2.44. The Kier molecular flexibility index (Phi) is 5.28. The summed E-state index contributed by atoms with van der Waals surface area (Å²) in [4.78, 5) is 2.44. The smallest absolute Gasteiger partial charge is 0.0843 e. The molecule has 1 rings (SSSR count). The van der Waals surface area contributed by atoms with Crippen molar-refractivity contribution in [1.29, 1.82) is 0 Å². The van der Waals surface area contributed by atoms with Gasteiger partial charge < -0.3 is 5.73 Å². The topological polar surface area (TPSA) is 60.0 Å². The van der Waals surface area contributed by atoms with Crippen LogP contribution in [0.4, 0.5) is 0 Å². The van der Waals surface area contributed by atoms with Crippen molar-refractivity contribution >= 4 is 0 Å². The van der Waals surface area contributed by atoms with Crippen molar-refractivity contribution in [2.75, 3.05) is 13.1 Å². The van der Waals surface area contributed by atoms with Gasteiger partial charge >= 0.3 is 0 Å². The molecule has 0 radical (unpaired) electrons. The van der Waals surface area contributed by atoms with Crippen LogP contribution in [-0.4, -0.2) is 44.6 Å². The van der Waals surface area contributed by atoms with Crippen LogP contribution in [0.5, 0.6) is 0 Å². The number of nitrogens with two attached hydrogens (primary N) is 1. The van der Waals surface area contributed by atoms with Gasteiger partial charge in [-0.2, -0.15) is 0 Å². The Balaban J connectivity index is 2.80. The quantitative estimate of drug-likeness (QED) is 0.793. The first-order valence-corrected chi connectivity index (χ1v) is 6.83. The van der Waals surface area contributed by atoms with Crippen LogP contribution in [0.15, 0.2) is 6.20 Å². The highest BCUT2D eigenvalue weighted by Gasteiger charge is 2.35. The maximum atomic E-state index is 6.44. The zero-order chi connectivity index (χ0) is 13.8. The van der Waals surface area contributed by atoms with Crippen molar-refractivity contribution in [2.24, 2.45) is 12.8 Å². The average Bonchev–Trinajstić information content (AvgIpc) is 2.75. The van der Waals surface area contributed by atoms with Gasteiger partial charge in [0.25, 0.3) is 0 Å². The largest absolute Gasteiger partial charge is 0.326 e. The van der Waals surface area contributed by atoms with Crippen molar-refractivity contribution in [3.8, 4) is 0 Å². The van der Waals surface area contributed by atoms with Crippen LogP contribution in [0.1, 0.15) is 39.8 Å². The number of hydrogen-bond acceptors (Lipinski definition) is 4. The molecule has 2 N–H and O–H groups in total. The molecule has 0 amide bonds. The lowest BCUT2D eigenvalue weighted by molar-refractivity contribution is 0.0842. The number of aromatic nitrogens is 3. The number of nitrogens with zero attached hydrogens (tertiary/aromatic N) is 4. The van der Waals surface area contributed by atoms with Gasteiger partial charge in [-0.3, -0.25) is 9.58 Å². The van der Waals surface area contributed by atoms with Crippen molar-refractivity contribution < 1.29 is 0 Å². The summed E-state index contributed by atoms with van der Waals surface area (Å²) >= 11 is 0. The van der Waals surface area contributed by atoms with Gasteiger partial charge in [-0.15, -0.1) is 5.10 Å². The molecule has 0 saturated carbocycles. The molecule has 1 heterocycles. The van der Waals surface area contributed by atoms with Gasteiger partial charge in [-0.25, -0.2) is 0 Å². The van der Waals surface area contributed by atoms with E-state index in [9.17, 15) is 0 Å². The van der Waals surface area contributed by atoms with E-state index < -0.39 is 0 Å². The van der Waals surface area contributed by atoms with E-state index in [2.05, 4.69) is 42.9 Å². The lowest BCUT2D eigenvalue weighted by atomic mass is 9.85. The van der Waals surface area contributed by atoms with E-state index in [1.165, 1.54) is 0 Å². The van der Waals surface area contributed by atoms with Gasteiger partial charge in [0.15, 0.2) is 0 Å². The van der Waals surface area contributed by atoms with Crippen LogP contribution in [-0.2, 0) is 13.5 Å². The molecule has 18 heavy (non-hydrogen) atoms. The molecule has 1 aromatic heterocycles. The fourth-order valence-corrected chi connectivity index (χ4v) is 2.60. The van der Waals surface area contributed by atoms with E-state index in [-0.39, 0.29) is 11.6 Å². The molecule has 0 spiro atoms. The molecule has 0 aliphatic rings. The summed E-state index contributed by atoms with van der Waals surface area (Å²) in [6.45, 7) is 10.9. The predicted octanol–water partition coefficient (Wildman–Crippen LogP) is 1.20. The van der Waals surface area contributed by atoms with Crippen LogP contribution in [0.25, 0.3) is 0 Å². The SMILES string of the molecule is CCN(CC)C(C)(CC)C(N)Cc1cn(C)nn1. The summed E-state index contributed by atoms with van der Waals surface area (Å²) in [7, 11) is 1.88. The molecule has 0 fully saturated rings. The normalized spacial score (nSPS) is 16.8. The third kappa shape index (κ3) is 3.09. The summed E-state index contributed by atoms with van der Waals surface area (Å²) in [6.07, 6.45) is 3.75. The molecule has 104 valence electrons. The fraction of sp³-hybridized carbons (Fsp3) is 0.846. The Morgan fingerprint density at radius 3 is 2.39 bits per heavy atom. The summed E-state index contributed by atoms with van der Waals surface area (Å²) in [6, 6.07) is 0.0686. The maximum absolute atomic E-state index is 6.44. The van der Waals surface area contributed by atoms with E-state index in [4.69, 9.17) is 5.73 Å². The second kappa shape index (κ2) is 6.29. The number of aryl methyl sites for hydroxylation is 1. The molecule has 0 aliphatic carbocycles. The Hall–Kier alpha value is -0.940. The molecular formula is C13H27N5. The number of likely N-dealkylation sites (N-methyl/N-ethyl adjacent to an activating group) is 1. The summed E-state index contributed by atoms with van der Waals surface area (Å²) < 4.78 is 1.72. The second-order valence-electron chi connectivity index (χ2n) is 5.08. The Bertz CT molecular complexity index is 358. The van der Waals surface area contributed by atoms with E-state index in [1.54, 1.807) is 4.68 Å². The Labute approximate surface area is 110 Å². The van der Waals surface area contributed by atoms with Crippen LogP contribution in [0, 0.1) is 0 Å². The third-order valence-corrected chi connectivity index (χ3v) is 4.08. The van der Waals surface area contributed by atoms with Crippen molar-refractivity contribution in [1.82, 2.24) is 19.9 Å². The van der Waals surface area contributed by atoms with Crippen LogP contribution < -0.4 is 5.73 Å². The zero-order valence-electron chi connectivity index (χ0n) is 12.3. The first-order valence-electron chi connectivity index (χ1n) is 6.83.